The predicted molar refractivity (Wildman–Crippen MR) is 81.5 cm³/mol. The molecule has 6 heteroatoms. The van der Waals surface area contributed by atoms with Crippen LogP contribution in [0.2, 0.25) is 0 Å². The number of benzene rings is 1. The normalized spacial score (nSPS) is 13.7. The van der Waals surface area contributed by atoms with Crippen molar-refractivity contribution in [2.24, 2.45) is 0 Å². The highest BCUT2D eigenvalue weighted by molar-refractivity contribution is 7.80. The van der Waals surface area contributed by atoms with Crippen LogP contribution in [-0.2, 0) is 11.2 Å². The van der Waals surface area contributed by atoms with Crippen LogP contribution in [0.1, 0.15) is 31.2 Å². The molecule has 1 aromatic rings. The third kappa shape index (κ3) is 3.30. The van der Waals surface area contributed by atoms with Gasteiger partial charge in [0.25, 0.3) is 5.69 Å². The van der Waals surface area contributed by atoms with E-state index in [-0.39, 0.29) is 18.0 Å². The van der Waals surface area contributed by atoms with Gasteiger partial charge in [-0.05, 0) is 30.2 Å². The molecule has 0 fully saturated rings. The molecule has 1 aliphatic heterocycles. The average molecular weight is 294 g/mol. The summed E-state index contributed by atoms with van der Waals surface area (Å²) < 4.78 is 0. The lowest BCUT2D eigenvalue weighted by molar-refractivity contribution is -0.384. The lowest BCUT2D eigenvalue weighted by Crippen LogP contribution is -2.27. The van der Waals surface area contributed by atoms with E-state index >= 15 is 0 Å². The number of hydrogen-bond acceptors (Lipinski definition) is 4. The molecule has 1 aliphatic rings. The molecule has 0 aliphatic carbocycles. The highest BCUT2D eigenvalue weighted by Gasteiger charge is 2.28. The first-order chi connectivity index (χ1) is 9.63. The molecule has 0 radical (unpaired) electrons. The highest BCUT2D eigenvalue weighted by Crippen LogP contribution is 2.32. The van der Waals surface area contributed by atoms with E-state index in [4.69, 9.17) is 0 Å². The molecule has 0 unspecified atom stereocenters. The maximum absolute atomic E-state index is 12.0. The Morgan fingerprint density at radius 2 is 2.00 bits per heavy atom. The standard InChI is InChI=1S/C14H18N2O3S/c17-14-10-11-9-12(16(18)19)5-6-13(11)15(14)7-3-1-2-4-8-20/h5-6,9,20H,1-4,7-8,10H2. The van der Waals surface area contributed by atoms with E-state index in [9.17, 15) is 14.9 Å². The Morgan fingerprint density at radius 1 is 1.25 bits per heavy atom. The number of nitro benzene ring substituents is 1. The number of unbranched alkanes of at least 4 members (excludes halogenated alkanes) is 3. The molecular formula is C14H18N2O3S. The van der Waals surface area contributed by atoms with E-state index in [1.165, 1.54) is 12.1 Å². The number of amides is 1. The van der Waals surface area contributed by atoms with Gasteiger partial charge in [0.2, 0.25) is 5.91 Å². The summed E-state index contributed by atoms with van der Waals surface area (Å²) in [4.78, 5) is 24.0. The largest absolute Gasteiger partial charge is 0.312 e. The van der Waals surface area contributed by atoms with Gasteiger partial charge < -0.3 is 4.90 Å². The Hall–Kier alpha value is -1.56. The number of carbonyl (C=O) groups is 1. The van der Waals surface area contributed by atoms with Crippen molar-refractivity contribution in [3.05, 3.63) is 33.9 Å². The van der Waals surface area contributed by atoms with Gasteiger partial charge in [-0.15, -0.1) is 0 Å². The summed E-state index contributed by atoms with van der Waals surface area (Å²) in [6.07, 6.45) is 4.52. The second-order valence-corrected chi connectivity index (χ2v) is 5.38. The van der Waals surface area contributed by atoms with Gasteiger partial charge in [-0.3, -0.25) is 14.9 Å². The van der Waals surface area contributed by atoms with Gasteiger partial charge in [0, 0.05) is 24.4 Å². The third-order valence-electron chi connectivity index (χ3n) is 3.50. The fourth-order valence-electron chi connectivity index (χ4n) is 2.46. The fourth-order valence-corrected chi connectivity index (χ4v) is 2.69. The van der Waals surface area contributed by atoms with Gasteiger partial charge in [0.1, 0.15) is 0 Å². The number of fused-ring (bicyclic) bond motifs is 1. The van der Waals surface area contributed by atoms with Gasteiger partial charge in [-0.25, -0.2) is 0 Å². The quantitative estimate of drug-likeness (QED) is 0.364. The molecule has 1 aromatic carbocycles. The van der Waals surface area contributed by atoms with Crippen LogP contribution in [0, 0.1) is 10.1 Å². The molecule has 0 atom stereocenters. The van der Waals surface area contributed by atoms with Gasteiger partial charge in [0.05, 0.1) is 11.3 Å². The average Bonchev–Trinajstić information content (AvgIpc) is 2.73. The summed E-state index contributed by atoms with van der Waals surface area (Å²) in [7, 11) is 0. The Balaban J connectivity index is 1.99. The summed E-state index contributed by atoms with van der Waals surface area (Å²) in [6, 6.07) is 4.66. The highest BCUT2D eigenvalue weighted by atomic mass is 32.1. The van der Waals surface area contributed by atoms with E-state index in [0.29, 0.717) is 6.54 Å². The number of nitrogens with zero attached hydrogens (tertiary/aromatic N) is 2. The molecule has 1 amide bonds. The molecule has 0 N–H and O–H groups in total. The monoisotopic (exact) mass is 294 g/mol. The van der Waals surface area contributed by atoms with Crippen LogP contribution in [-0.4, -0.2) is 23.1 Å². The molecule has 20 heavy (non-hydrogen) atoms. The van der Waals surface area contributed by atoms with Crippen molar-refractivity contribution < 1.29 is 9.72 Å². The summed E-state index contributed by atoms with van der Waals surface area (Å²) >= 11 is 4.17. The van der Waals surface area contributed by atoms with Crippen LogP contribution in [0.25, 0.3) is 0 Å². The molecule has 0 spiro atoms. The number of carbonyl (C=O) groups excluding carboxylic acids is 1. The molecular weight excluding hydrogens is 276 g/mol. The first-order valence-corrected chi connectivity index (χ1v) is 7.45. The molecule has 5 nitrogen and oxygen atoms in total. The minimum atomic E-state index is -0.426. The Bertz CT molecular complexity index is 519. The van der Waals surface area contributed by atoms with Gasteiger partial charge >= 0.3 is 0 Å². The van der Waals surface area contributed by atoms with Crippen molar-refractivity contribution in [3.8, 4) is 0 Å². The molecule has 2 rings (SSSR count). The third-order valence-corrected chi connectivity index (χ3v) is 3.81. The van der Waals surface area contributed by atoms with Crippen LogP contribution >= 0.6 is 12.6 Å². The maximum atomic E-state index is 12.0. The Labute approximate surface area is 123 Å². The Kier molecular flexibility index (Phi) is 5.00. The number of thiol groups is 1. The second kappa shape index (κ2) is 6.74. The second-order valence-electron chi connectivity index (χ2n) is 4.93. The van der Waals surface area contributed by atoms with Crippen LogP contribution in [0.4, 0.5) is 11.4 Å². The van der Waals surface area contributed by atoms with Crippen molar-refractivity contribution in [2.75, 3.05) is 17.2 Å². The minimum absolute atomic E-state index is 0.0368. The first kappa shape index (κ1) is 14.8. The zero-order chi connectivity index (χ0) is 14.5. The SMILES string of the molecule is O=C1Cc2cc([N+](=O)[O-])ccc2N1CCCCCCS. The summed E-state index contributed by atoms with van der Waals surface area (Å²) in [5.74, 6) is 0.935. The molecule has 0 saturated carbocycles. The topological polar surface area (TPSA) is 63.4 Å². The lowest BCUT2D eigenvalue weighted by atomic mass is 10.1. The van der Waals surface area contributed by atoms with Gasteiger partial charge in [-0.2, -0.15) is 12.6 Å². The molecule has 1 heterocycles. The number of anilines is 1. The van der Waals surface area contributed by atoms with Crippen LogP contribution < -0.4 is 4.90 Å². The van der Waals surface area contributed by atoms with Crippen molar-refractivity contribution in [3.63, 3.8) is 0 Å². The molecule has 0 aromatic heterocycles. The minimum Gasteiger partial charge on any atom is -0.312 e. The van der Waals surface area contributed by atoms with Crippen molar-refractivity contribution in [1.82, 2.24) is 0 Å². The van der Waals surface area contributed by atoms with Crippen LogP contribution in [0.3, 0.4) is 0 Å². The van der Waals surface area contributed by atoms with Gasteiger partial charge in [-0.1, -0.05) is 12.8 Å². The smallest absolute Gasteiger partial charge is 0.269 e. The van der Waals surface area contributed by atoms with Crippen molar-refractivity contribution in [1.29, 1.82) is 0 Å². The number of rotatable bonds is 7. The summed E-state index contributed by atoms with van der Waals surface area (Å²) in [5, 5.41) is 10.7. The summed E-state index contributed by atoms with van der Waals surface area (Å²) in [5.41, 5.74) is 1.64. The van der Waals surface area contributed by atoms with E-state index in [1.807, 2.05) is 0 Å². The van der Waals surface area contributed by atoms with E-state index < -0.39 is 4.92 Å². The zero-order valence-corrected chi connectivity index (χ0v) is 12.1. The molecule has 0 saturated heterocycles. The fraction of sp³-hybridized carbons (Fsp3) is 0.500. The molecule has 0 bridgehead atoms. The Morgan fingerprint density at radius 3 is 2.70 bits per heavy atom. The number of hydrogen-bond donors (Lipinski definition) is 1. The zero-order valence-electron chi connectivity index (χ0n) is 11.2. The van der Waals surface area contributed by atoms with Gasteiger partial charge in [0.15, 0.2) is 0 Å². The molecule has 108 valence electrons. The lowest BCUT2D eigenvalue weighted by Gasteiger charge is -2.17. The predicted octanol–water partition coefficient (Wildman–Crippen LogP) is 2.97. The first-order valence-electron chi connectivity index (χ1n) is 6.82. The number of nitro groups is 1. The van der Waals surface area contributed by atoms with E-state index in [0.717, 1.165) is 42.7 Å². The van der Waals surface area contributed by atoms with Crippen LogP contribution in [0.5, 0.6) is 0 Å². The maximum Gasteiger partial charge on any atom is 0.269 e. The van der Waals surface area contributed by atoms with E-state index in [1.54, 1.807) is 11.0 Å². The number of non-ortho nitro benzene ring substituents is 1. The van der Waals surface area contributed by atoms with E-state index in [2.05, 4.69) is 12.6 Å². The van der Waals surface area contributed by atoms with Crippen LogP contribution in [0.15, 0.2) is 18.2 Å². The van der Waals surface area contributed by atoms with Crippen molar-refractivity contribution >= 4 is 29.9 Å². The van der Waals surface area contributed by atoms with Crippen molar-refractivity contribution in [2.45, 2.75) is 32.1 Å². The summed E-state index contributed by atoms with van der Waals surface area (Å²) in [6.45, 7) is 0.691.